The third-order valence-electron chi connectivity index (χ3n) is 4.68. The van der Waals surface area contributed by atoms with Crippen molar-refractivity contribution in [2.24, 2.45) is 7.05 Å². The normalized spacial score (nSPS) is 11.1. The van der Waals surface area contributed by atoms with Crippen LogP contribution in [0.4, 0.5) is 5.69 Å². The van der Waals surface area contributed by atoms with Gasteiger partial charge in [-0.3, -0.25) is 14.2 Å². The summed E-state index contributed by atoms with van der Waals surface area (Å²) in [7, 11) is 1.70. The first kappa shape index (κ1) is 19.9. The number of thiophene rings is 2. The van der Waals surface area contributed by atoms with E-state index in [4.69, 9.17) is 0 Å². The van der Waals surface area contributed by atoms with Gasteiger partial charge in [-0.05, 0) is 48.6 Å². The molecule has 0 unspecified atom stereocenters. The molecule has 0 saturated heterocycles. The van der Waals surface area contributed by atoms with Crippen LogP contribution in [0.3, 0.4) is 0 Å². The zero-order valence-electron chi connectivity index (χ0n) is 16.2. The number of hydrogen-bond acceptors (Lipinski definition) is 6. The molecule has 29 heavy (non-hydrogen) atoms. The van der Waals surface area contributed by atoms with Gasteiger partial charge >= 0.3 is 0 Å². The van der Waals surface area contributed by atoms with Crippen LogP contribution in [-0.2, 0) is 11.8 Å². The molecule has 3 aromatic heterocycles. The quantitative estimate of drug-likeness (QED) is 0.347. The fourth-order valence-corrected chi connectivity index (χ4v) is 5.52. The minimum atomic E-state index is -0.127. The van der Waals surface area contributed by atoms with Crippen LogP contribution in [0, 0.1) is 13.8 Å². The van der Waals surface area contributed by atoms with Gasteiger partial charge in [0.25, 0.3) is 5.56 Å². The average Bonchev–Trinajstić information content (AvgIpc) is 3.36. The first-order valence-corrected chi connectivity index (χ1v) is 11.7. The molecule has 5 nitrogen and oxygen atoms in total. The number of anilines is 1. The van der Waals surface area contributed by atoms with E-state index in [1.807, 2.05) is 54.9 Å². The molecule has 0 aliphatic heterocycles. The zero-order chi connectivity index (χ0) is 20.5. The molecule has 0 saturated carbocycles. The Morgan fingerprint density at radius 1 is 1.21 bits per heavy atom. The Kier molecular flexibility index (Phi) is 5.58. The van der Waals surface area contributed by atoms with Gasteiger partial charge in [-0.1, -0.05) is 23.9 Å². The smallest absolute Gasteiger partial charge is 0.263 e. The number of benzene rings is 1. The largest absolute Gasteiger partial charge is 0.325 e. The van der Waals surface area contributed by atoms with Crippen molar-refractivity contribution in [3.63, 3.8) is 0 Å². The van der Waals surface area contributed by atoms with Crippen molar-refractivity contribution >= 4 is 56.2 Å². The number of thioether (sulfide) groups is 1. The number of aromatic nitrogens is 2. The second kappa shape index (κ2) is 8.14. The van der Waals surface area contributed by atoms with E-state index in [0.29, 0.717) is 15.4 Å². The fraction of sp³-hybridized carbons (Fsp3) is 0.190. The SMILES string of the molecule is Cc1ccc(NC(=O)CSc2nc3scc(-c4cccs4)c3c(=O)n2C)cc1C. The maximum Gasteiger partial charge on any atom is 0.263 e. The van der Waals surface area contributed by atoms with Gasteiger partial charge in [-0.25, -0.2) is 4.98 Å². The van der Waals surface area contributed by atoms with E-state index in [1.165, 1.54) is 33.2 Å². The minimum Gasteiger partial charge on any atom is -0.325 e. The molecule has 8 heteroatoms. The maximum atomic E-state index is 13.0. The topological polar surface area (TPSA) is 64.0 Å². The summed E-state index contributed by atoms with van der Waals surface area (Å²) in [4.78, 5) is 31.7. The maximum absolute atomic E-state index is 13.0. The molecule has 0 bridgehead atoms. The summed E-state index contributed by atoms with van der Waals surface area (Å²) in [5.41, 5.74) is 3.93. The molecule has 1 aromatic carbocycles. The molecule has 4 rings (SSSR count). The molecule has 0 atom stereocenters. The predicted octanol–water partition coefficient (Wildman–Crippen LogP) is 5.07. The number of hydrogen-bond donors (Lipinski definition) is 1. The van der Waals surface area contributed by atoms with E-state index in [1.54, 1.807) is 18.4 Å². The van der Waals surface area contributed by atoms with E-state index in [-0.39, 0.29) is 17.2 Å². The number of carbonyl (C=O) groups is 1. The van der Waals surface area contributed by atoms with Gasteiger partial charge < -0.3 is 5.32 Å². The molecule has 3 heterocycles. The summed E-state index contributed by atoms with van der Waals surface area (Å²) in [6.45, 7) is 4.05. The molecular formula is C21H19N3O2S3. The van der Waals surface area contributed by atoms with Crippen LogP contribution in [-0.4, -0.2) is 21.2 Å². The highest BCUT2D eigenvalue weighted by Crippen LogP contribution is 2.34. The van der Waals surface area contributed by atoms with Crippen molar-refractivity contribution in [1.29, 1.82) is 0 Å². The lowest BCUT2D eigenvalue weighted by Crippen LogP contribution is -2.21. The van der Waals surface area contributed by atoms with Gasteiger partial charge in [-0.15, -0.1) is 22.7 Å². The number of nitrogens with zero attached hydrogens (tertiary/aromatic N) is 2. The minimum absolute atomic E-state index is 0.0864. The van der Waals surface area contributed by atoms with Crippen molar-refractivity contribution in [3.8, 4) is 10.4 Å². The summed E-state index contributed by atoms with van der Waals surface area (Å²) in [5.74, 6) is 0.0556. The molecule has 4 aromatic rings. The lowest BCUT2D eigenvalue weighted by molar-refractivity contribution is -0.113. The van der Waals surface area contributed by atoms with E-state index in [0.717, 1.165) is 21.7 Å². The molecule has 0 fully saturated rings. The molecule has 0 spiro atoms. The third-order valence-corrected chi connectivity index (χ3v) is 7.49. The summed E-state index contributed by atoms with van der Waals surface area (Å²) in [5, 5.41) is 8.06. The first-order valence-electron chi connectivity index (χ1n) is 8.96. The van der Waals surface area contributed by atoms with Crippen molar-refractivity contribution < 1.29 is 4.79 Å². The third kappa shape index (κ3) is 4.01. The molecule has 1 amide bonds. The molecule has 148 valence electrons. The Balaban J connectivity index is 1.54. The summed E-state index contributed by atoms with van der Waals surface area (Å²) in [6.07, 6.45) is 0. The Bertz CT molecular complexity index is 1260. The van der Waals surface area contributed by atoms with Gasteiger partial charge in [-0.2, -0.15) is 0 Å². The fourth-order valence-electron chi connectivity index (χ4n) is 2.94. The van der Waals surface area contributed by atoms with Crippen molar-refractivity contribution in [2.75, 3.05) is 11.1 Å². The Hall–Kier alpha value is -2.42. The number of amides is 1. The molecule has 0 aliphatic rings. The van der Waals surface area contributed by atoms with Crippen LogP contribution in [0.5, 0.6) is 0 Å². The van der Waals surface area contributed by atoms with Crippen LogP contribution >= 0.6 is 34.4 Å². The lowest BCUT2D eigenvalue weighted by Gasteiger charge is -2.09. The summed E-state index contributed by atoms with van der Waals surface area (Å²) in [6, 6.07) is 9.81. The number of fused-ring (bicyclic) bond motifs is 1. The van der Waals surface area contributed by atoms with Gasteiger partial charge in [0.15, 0.2) is 5.16 Å². The highest BCUT2D eigenvalue weighted by Gasteiger charge is 2.17. The highest BCUT2D eigenvalue weighted by molar-refractivity contribution is 7.99. The lowest BCUT2D eigenvalue weighted by atomic mass is 10.1. The van der Waals surface area contributed by atoms with E-state index in [9.17, 15) is 9.59 Å². The van der Waals surface area contributed by atoms with Gasteiger partial charge in [0, 0.05) is 28.6 Å². The van der Waals surface area contributed by atoms with Crippen molar-refractivity contribution in [2.45, 2.75) is 19.0 Å². The van der Waals surface area contributed by atoms with Gasteiger partial charge in [0.05, 0.1) is 11.1 Å². The Morgan fingerprint density at radius 3 is 2.76 bits per heavy atom. The second-order valence-electron chi connectivity index (χ2n) is 6.70. The Labute approximate surface area is 180 Å². The highest BCUT2D eigenvalue weighted by atomic mass is 32.2. The molecule has 0 aliphatic carbocycles. The number of rotatable bonds is 5. The number of carbonyl (C=O) groups excluding carboxylic acids is 1. The standard InChI is InChI=1S/C21H19N3O2S3/c1-12-6-7-14(9-13(12)2)22-17(25)11-29-21-23-19-18(20(26)24(21)3)15(10-28-19)16-5-4-8-27-16/h4-10H,11H2,1-3H3,(H,22,25). The number of aryl methyl sites for hydroxylation is 2. The van der Waals surface area contributed by atoms with Crippen LogP contribution in [0.1, 0.15) is 11.1 Å². The summed E-state index contributed by atoms with van der Waals surface area (Å²) < 4.78 is 1.53. The second-order valence-corrected chi connectivity index (χ2v) is 9.45. The van der Waals surface area contributed by atoms with Gasteiger partial charge in [0.2, 0.25) is 5.91 Å². The van der Waals surface area contributed by atoms with Crippen LogP contribution in [0.25, 0.3) is 20.7 Å². The van der Waals surface area contributed by atoms with Crippen LogP contribution in [0.2, 0.25) is 0 Å². The Morgan fingerprint density at radius 2 is 2.03 bits per heavy atom. The van der Waals surface area contributed by atoms with E-state index >= 15 is 0 Å². The van der Waals surface area contributed by atoms with Crippen molar-refractivity contribution in [3.05, 3.63) is 62.6 Å². The average molecular weight is 442 g/mol. The first-order chi connectivity index (χ1) is 13.9. The predicted molar refractivity (Wildman–Crippen MR) is 123 cm³/mol. The molecular weight excluding hydrogens is 422 g/mol. The summed E-state index contributed by atoms with van der Waals surface area (Å²) >= 11 is 4.33. The molecule has 0 radical (unpaired) electrons. The molecule has 1 N–H and O–H groups in total. The zero-order valence-corrected chi connectivity index (χ0v) is 18.6. The number of nitrogens with one attached hydrogen (secondary N) is 1. The monoisotopic (exact) mass is 441 g/mol. The van der Waals surface area contributed by atoms with Crippen LogP contribution in [0.15, 0.2) is 51.0 Å². The van der Waals surface area contributed by atoms with E-state index in [2.05, 4.69) is 10.3 Å². The van der Waals surface area contributed by atoms with Gasteiger partial charge in [0.1, 0.15) is 4.83 Å². The van der Waals surface area contributed by atoms with Crippen LogP contribution < -0.4 is 10.9 Å². The van der Waals surface area contributed by atoms with E-state index < -0.39 is 0 Å². The van der Waals surface area contributed by atoms with Crippen molar-refractivity contribution in [1.82, 2.24) is 9.55 Å².